The molecule has 0 aromatic carbocycles. The van der Waals surface area contributed by atoms with E-state index in [2.05, 4.69) is 4.98 Å². The summed E-state index contributed by atoms with van der Waals surface area (Å²) in [4.78, 5) is 17.4. The third kappa shape index (κ3) is 3.13. The molecular formula is C10H15N3OS. The summed E-state index contributed by atoms with van der Waals surface area (Å²) in [6.45, 7) is 0.724. The molecule has 82 valence electrons. The van der Waals surface area contributed by atoms with E-state index in [-0.39, 0.29) is 5.91 Å². The van der Waals surface area contributed by atoms with Crippen LogP contribution < -0.4 is 5.73 Å². The highest BCUT2D eigenvalue weighted by atomic mass is 32.2. The molecule has 0 atom stereocenters. The molecule has 0 aliphatic heterocycles. The summed E-state index contributed by atoms with van der Waals surface area (Å²) in [5.41, 5.74) is 6.62. The number of thioether (sulfide) groups is 1. The summed E-state index contributed by atoms with van der Waals surface area (Å²) in [5.74, 6) is 0.872. The van der Waals surface area contributed by atoms with Gasteiger partial charge in [-0.3, -0.25) is 9.78 Å². The van der Waals surface area contributed by atoms with E-state index in [0.717, 1.165) is 12.3 Å². The number of amides is 1. The number of carbonyl (C=O) groups is 1. The predicted molar refractivity (Wildman–Crippen MR) is 64.0 cm³/mol. The molecule has 0 bridgehead atoms. The standard InChI is InChI=1S/C10H15N3OS/c1-13(5-6-15-2)10(14)8-3-4-12-7-9(8)11/h3-4,7H,5-6,11H2,1-2H3. The van der Waals surface area contributed by atoms with Crippen molar-refractivity contribution in [1.82, 2.24) is 9.88 Å². The molecule has 0 aliphatic carbocycles. The number of pyridine rings is 1. The number of nitrogens with zero attached hydrogens (tertiary/aromatic N) is 2. The Kier molecular flexibility index (Phi) is 4.42. The summed E-state index contributed by atoms with van der Waals surface area (Å²) in [6, 6.07) is 1.65. The lowest BCUT2D eigenvalue weighted by Crippen LogP contribution is -2.29. The van der Waals surface area contributed by atoms with Crippen LogP contribution in [-0.4, -0.2) is 41.4 Å². The van der Waals surface area contributed by atoms with Crippen LogP contribution >= 0.6 is 11.8 Å². The van der Waals surface area contributed by atoms with E-state index in [4.69, 9.17) is 5.73 Å². The largest absolute Gasteiger partial charge is 0.397 e. The molecule has 0 spiro atoms. The molecule has 1 amide bonds. The van der Waals surface area contributed by atoms with E-state index < -0.39 is 0 Å². The van der Waals surface area contributed by atoms with Gasteiger partial charge in [-0.05, 0) is 12.3 Å². The maximum absolute atomic E-state index is 11.9. The average Bonchev–Trinajstić information content (AvgIpc) is 2.25. The van der Waals surface area contributed by atoms with Crippen LogP contribution in [0.15, 0.2) is 18.5 Å². The van der Waals surface area contributed by atoms with E-state index in [9.17, 15) is 4.79 Å². The van der Waals surface area contributed by atoms with Gasteiger partial charge in [0.15, 0.2) is 0 Å². The second-order valence-electron chi connectivity index (χ2n) is 3.18. The van der Waals surface area contributed by atoms with E-state index >= 15 is 0 Å². The molecule has 0 unspecified atom stereocenters. The van der Waals surface area contributed by atoms with Crippen molar-refractivity contribution < 1.29 is 4.79 Å². The maximum Gasteiger partial charge on any atom is 0.255 e. The molecule has 0 saturated heterocycles. The van der Waals surface area contributed by atoms with E-state index in [0.29, 0.717) is 11.3 Å². The number of nitrogen functional groups attached to an aromatic ring is 1. The molecule has 0 radical (unpaired) electrons. The van der Waals surface area contributed by atoms with Crippen LogP contribution in [0.2, 0.25) is 0 Å². The van der Waals surface area contributed by atoms with Crippen LogP contribution in [0, 0.1) is 0 Å². The molecule has 4 nitrogen and oxygen atoms in total. The van der Waals surface area contributed by atoms with Crippen LogP contribution in [0.1, 0.15) is 10.4 Å². The second kappa shape index (κ2) is 5.60. The average molecular weight is 225 g/mol. The Bertz CT molecular complexity index is 343. The first-order valence-corrected chi connectivity index (χ1v) is 6.00. The zero-order valence-corrected chi connectivity index (χ0v) is 9.75. The van der Waals surface area contributed by atoms with Gasteiger partial charge in [0.1, 0.15) is 0 Å². The highest BCUT2D eigenvalue weighted by Gasteiger charge is 2.13. The number of carbonyl (C=O) groups excluding carboxylic acids is 1. The molecule has 1 aromatic rings. The first kappa shape index (κ1) is 11.8. The highest BCUT2D eigenvalue weighted by molar-refractivity contribution is 7.98. The van der Waals surface area contributed by atoms with Crippen molar-refractivity contribution in [3.8, 4) is 0 Å². The predicted octanol–water partition coefficient (Wildman–Crippen LogP) is 1.10. The Morgan fingerprint density at radius 2 is 2.40 bits per heavy atom. The minimum Gasteiger partial charge on any atom is -0.397 e. The number of anilines is 1. The molecule has 1 aromatic heterocycles. The van der Waals surface area contributed by atoms with Gasteiger partial charge in [0.2, 0.25) is 0 Å². The second-order valence-corrected chi connectivity index (χ2v) is 4.17. The molecule has 0 aliphatic rings. The van der Waals surface area contributed by atoms with Crippen molar-refractivity contribution in [2.45, 2.75) is 0 Å². The first-order chi connectivity index (χ1) is 7.16. The first-order valence-electron chi connectivity index (χ1n) is 4.60. The molecule has 5 heteroatoms. The van der Waals surface area contributed by atoms with Crippen molar-refractivity contribution in [2.24, 2.45) is 0 Å². The normalized spacial score (nSPS) is 10.0. The number of hydrogen-bond donors (Lipinski definition) is 1. The zero-order valence-electron chi connectivity index (χ0n) is 8.93. The maximum atomic E-state index is 11.9. The van der Waals surface area contributed by atoms with E-state index in [1.165, 1.54) is 6.20 Å². The van der Waals surface area contributed by atoms with Crippen molar-refractivity contribution in [1.29, 1.82) is 0 Å². The van der Waals surface area contributed by atoms with Crippen LogP contribution in [-0.2, 0) is 0 Å². The lowest BCUT2D eigenvalue weighted by atomic mass is 10.2. The Hall–Kier alpha value is -1.23. The van der Waals surface area contributed by atoms with Crippen LogP contribution in [0.4, 0.5) is 5.69 Å². The van der Waals surface area contributed by atoms with E-state index in [1.807, 2.05) is 6.26 Å². The molecule has 0 saturated carbocycles. The fourth-order valence-corrected chi connectivity index (χ4v) is 1.59. The fraction of sp³-hybridized carbons (Fsp3) is 0.400. The highest BCUT2D eigenvalue weighted by Crippen LogP contribution is 2.11. The Labute approximate surface area is 93.9 Å². The van der Waals surface area contributed by atoms with Gasteiger partial charge in [0, 0.05) is 25.5 Å². The molecule has 1 rings (SSSR count). The Morgan fingerprint density at radius 3 is 3.00 bits per heavy atom. The van der Waals surface area contributed by atoms with Crippen molar-refractivity contribution >= 4 is 23.4 Å². The molecule has 0 fully saturated rings. The summed E-state index contributed by atoms with van der Waals surface area (Å²) >= 11 is 1.71. The number of nitrogens with two attached hydrogens (primary N) is 1. The van der Waals surface area contributed by atoms with Crippen molar-refractivity contribution in [2.75, 3.05) is 31.3 Å². The number of aromatic nitrogens is 1. The smallest absolute Gasteiger partial charge is 0.255 e. The SMILES string of the molecule is CSCCN(C)C(=O)c1ccncc1N. The monoisotopic (exact) mass is 225 g/mol. The summed E-state index contributed by atoms with van der Waals surface area (Å²) < 4.78 is 0. The summed E-state index contributed by atoms with van der Waals surface area (Å²) in [7, 11) is 1.78. The molecule has 15 heavy (non-hydrogen) atoms. The lowest BCUT2D eigenvalue weighted by molar-refractivity contribution is 0.0804. The van der Waals surface area contributed by atoms with Gasteiger partial charge in [-0.2, -0.15) is 11.8 Å². The van der Waals surface area contributed by atoms with Crippen LogP contribution in [0.5, 0.6) is 0 Å². The minimum absolute atomic E-state index is 0.0519. The summed E-state index contributed by atoms with van der Waals surface area (Å²) in [5, 5.41) is 0. The van der Waals surface area contributed by atoms with Gasteiger partial charge < -0.3 is 10.6 Å². The molecule has 2 N–H and O–H groups in total. The molecule has 1 heterocycles. The van der Waals surface area contributed by atoms with Gasteiger partial charge in [-0.15, -0.1) is 0 Å². The van der Waals surface area contributed by atoms with Crippen molar-refractivity contribution in [3.63, 3.8) is 0 Å². The third-order valence-corrected chi connectivity index (χ3v) is 2.65. The van der Waals surface area contributed by atoms with E-state index in [1.54, 1.807) is 36.0 Å². The Morgan fingerprint density at radius 1 is 1.67 bits per heavy atom. The fourth-order valence-electron chi connectivity index (χ4n) is 1.14. The van der Waals surface area contributed by atoms with Gasteiger partial charge in [0.05, 0.1) is 17.4 Å². The number of rotatable bonds is 4. The van der Waals surface area contributed by atoms with Gasteiger partial charge >= 0.3 is 0 Å². The van der Waals surface area contributed by atoms with Crippen molar-refractivity contribution in [3.05, 3.63) is 24.0 Å². The third-order valence-electron chi connectivity index (χ3n) is 2.06. The van der Waals surface area contributed by atoms with Gasteiger partial charge in [0.25, 0.3) is 5.91 Å². The topological polar surface area (TPSA) is 59.2 Å². The van der Waals surface area contributed by atoms with Gasteiger partial charge in [-0.1, -0.05) is 0 Å². The molecular weight excluding hydrogens is 210 g/mol. The summed E-state index contributed by atoms with van der Waals surface area (Å²) in [6.07, 6.45) is 5.08. The zero-order chi connectivity index (χ0) is 11.3. The number of hydrogen-bond acceptors (Lipinski definition) is 4. The van der Waals surface area contributed by atoms with Gasteiger partial charge in [-0.25, -0.2) is 0 Å². The van der Waals surface area contributed by atoms with Crippen LogP contribution in [0.25, 0.3) is 0 Å². The Balaban J connectivity index is 2.72. The van der Waals surface area contributed by atoms with Crippen LogP contribution in [0.3, 0.4) is 0 Å². The quantitative estimate of drug-likeness (QED) is 0.833. The minimum atomic E-state index is -0.0519. The lowest BCUT2D eigenvalue weighted by Gasteiger charge is -2.17.